The Morgan fingerprint density at radius 3 is 2.17 bits per heavy atom. The van der Waals surface area contributed by atoms with Gasteiger partial charge >= 0.3 is 5.97 Å². The second-order valence-corrected chi connectivity index (χ2v) is 7.34. The summed E-state index contributed by atoms with van der Waals surface area (Å²) in [6.07, 6.45) is 0. The van der Waals surface area contributed by atoms with Crippen LogP contribution in [-0.4, -0.2) is 19.2 Å². The smallest absolute Gasteiger partial charge is 0.347 e. The second kappa shape index (κ2) is 9.46. The fourth-order valence-corrected chi connectivity index (χ4v) is 3.55. The fraction of sp³-hybridized carbons (Fsp3) is 0.0800. The molecule has 5 heteroatoms. The van der Waals surface area contributed by atoms with E-state index >= 15 is 0 Å². The molecule has 150 valence electrons. The first-order chi connectivity index (χ1) is 14.7. The lowest BCUT2D eigenvalue weighted by Crippen LogP contribution is -2.14. The summed E-state index contributed by atoms with van der Waals surface area (Å²) in [6.45, 7) is 0.672. The van der Waals surface area contributed by atoms with Crippen molar-refractivity contribution in [3.63, 3.8) is 0 Å². The number of esters is 1. The number of benzene rings is 4. The number of para-hydroxylation sites is 2. The fourth-order valence-electron chi connectivity index (χ4n) is 3.07. The predicted octanol–water partition coefficient (Wildman–Crippen LogP) is 6.28. The van der Waals surface area contributed by atoms with Gasteiger partial charge in [-0.3, -0.25) is 0 Å². The highest BCUT2D eigenvalue weighted by Gasteiger charge is 2.16. The van der Waals surface area contributed by atoms with Gasteiger partial charge in [0.2, 0.25) is 0 Å². The van der Waals surface area contributed by atoms with Crippen molar-refractivity contribution in [1.29, 1.82) is 0 Å². The topological polar surface area (TPSA) is 44.8 Å². The maximum atomic E-state index is 12.9. The van der Waals surface area contributed by atoms with Gasteiger partial charge in [-0.1, -0.05) is 70.5 Å². The number of ether oxygens (including phenoxy) is 3. The van der Waals surface area contributed by atoms with Crippen LogP contribution in [0, 0.1) is 0 Å². The molecule has 30 heavy (non-hydrogen) atoms. The summed E-state index contributed by atoms with van der Waals surface area (Å²) >= 11 is 3.53. The van der Waals surface area contributed by atoms with E-state index in [1.807, 2.05) is 66.7 Å². The van der Waals surface area contributed by atoms with E-state index in [2.05, 4.69) is 15.9 Å². The van der Waals surface area contributed by atoms with Crippen molar-refractivity contribution in [2.75, 3.05) is 13.2 Å². The summed E-state index contributed by atoms with van der Waals surface area (Å²) < 4.78 is 18.1. The molecule has 0 radical (unpaired) electrons. The van der Waals surface area contributed by atoms with Gasteiger partial charge in [-0.05, 0) is 41.8 Å². The Balaban J connectivity index is 1.46. The molecule has 0 fully saturated rings. The summed E-state index contributed by atoms with van der Waals surface area (Å²) in [5, 5.41) is 1.83. The molecule has 0 N–H and O–H groups in total. The zero-order valence-electron chi connectivity index (χ0n) is 16.1. The van der Waals surface area contributed by atoms with Crippen LogP contribution in [0.1, 0.15) is 10.4 Å². The molecule has 0 unspecified atom stereocenters. The minimum Gasteiger partial charge on any atom is -0.490 e. The van der Waals surface area contributed by atoms with Crippen LogP contribution in [0.25, 0.3) is 10.8 Å². The highest BCUT2D eigenvalue weighted by molar-refractivity contribution is 9.10. The zero-order chi connectivity index (χ0) is 20.8. The van der Waals surface area contributed by atoms with Gasteiger partial charge in [-0.2, -0.15) is 0 Å². The quantitative estimate of drug-likeness (QED) is 0.184. The van der Waals surface area contributed by atoms with Crippen molar-refractivity contribution in [3.8, 4) is 17.2 Å². The van der Waals surface area contributed by atoms with Gasteiger partial charge in [0.05, 0.1) is 0 Å². The van der Waals surface area contributed by atoms with Crippen molar-refractivity contribution in [1.82, 2.24) is 0 Å². The zero-order valence-corrected chi connectivity index (χ0v) is 17.7. The lowest BCUT2D eigenvalue weighted by atomic mass is 10.1. The molecule has 0 aromatic heterocycles. The molecule has 0 aliphatic carbocycles. The highest BCUT2D eigenvalue weighted by atomic mass is 79.9. The van der Waals surface area contributed by atoms with E-state index in [-0.39, 0.29) is 0 Å². The van der Waals surface area contributed by atoms with E-state index in [9.17, 15) is 4.79 Å². The van der Waals surface area contributed by atoms with Crippen molar-refractivity contribution >= 4 is 32.7 Å². The van der Waals surface area contributed by atoms with Crippen LogP contribution in [0.15, 0.2) is 95.5 Å². The number of carbonyl (C=O) groups is 1. The van der Waals surface area contributed by atoms with Gasteiger partial charge in [-0.15, -0.1) is 0 Å². The molecule has 0 atom stereocenters. The number of fused-ring (bicyclic) bond motifs is 1. The van der Waals surface area contributed by atoms with E-state index in [1.165, 1.54) is 0 Å². The maximum absolute atomic E-state index is 12.9. The van der Waals surface area contributed by atoms with Gasteiger partial charge in [0.15, 0.2) is 0 Å². The number of rotatable bonds is 7. The van der Waals surface area contributed by atoms with Gasteiger partial charge in [-0.25, -0.2) is 4.79 Å². The summed E-state index contributed by atoms with van der Waals surface area (Å²) in [4.78, 5) is 12.9. The SMILES string of the molecule is O=C(Oc1ccc(Br)c2ccccc12)c1ccccc1OCCOc1ccccc1. The van der Waals surface area contributed by atoms with Crippen LogP contribution in [0.3, 0.4) is 0 Å². The van der Waals surface area contributed by atoms with Gasteiger partial charge in [0, 0.05) is 9.86 Å². The Hall–Kier alpha value is -3.31. The first kappa shape index (κ1) is 20.0. The van der Waals surface area contributed by atoms with Gasteiger partial charge < -0.3 is 14.2 Å². The molecular formula is C25H19BrO4. The average molecular weight is 463 g/mol. The van der Waals surface area contributed by atoms with Crippen molar-refractivity contribution in [2.45, 2.75) is 0 Å². The Labute approximate surface area is 183 Å². The van der Waals surface area contributed by atoms with Gasteiger partial charge in [0.1, 0.15) is 36.0 Å². The van der Waals surface area contributed by atoms with Crippen LogP contribution < -0.4 is 14.2 Å². The molecule has 0 bridgehead atoms. The lowest BCUT2D eigenvalue weighted by molar-refractivity contribution is 0.0731. The number of hydrogen-bond acceptors (Lipinski definition) is 4. The van der Waals surface area contributed by atoms with Crippen LogP contribution in [-0.2, 0) is 0 Å². The third-order valence-electron chi connectivity index (χ3n) is 4.49. The van der Waals surface area contributed by atoms with Crippen LogP contribution in [0.2, 0.25) is 0 Å². The minimum atomic E-state index is -0.470. The largest absolute Gasteiger partial charge is 0.490 e. The first-order valence-electron chi connectivity index (χ1n) is 9.51. The van der Waals surface area contributed by atoms with E-state index in [0.717, 1.165) is 21.0 Å². The molecule has 0 aliphatic heterocycles. The third kappa shape index (κ3) is 4.63. The van der Waals surface area contributed by atoms with Crippen LogP contribution in [0.5, 0.6) is 17.2 Å². The molecule has 4 aromatic carbocycles. The van der Waals surface area contributed by atoms with Crippen molar-refractivity contribution in [3.05, 3.63) is 101 Å². The number of halogens is 1. The van der Waals surface area contributed by atoms with E-state index in [4.69, 9.17) is 14.2 Å². The van der Waals surface area contributed by atoms with Crippen LogP contribution >= 0.6 is 15.9 Å². The van der Waals surface area contributed by atoms with E-state index in [0.29, 0.717) is 30.3 Å². The Bertz CT molecular complexity index is 1160. The predicted molar refractivity (Wildman–Crippen MR) is 120 cm³/mol. The molecule has 4 rings (SSSR count). The molecule has 4 nitrogen and oxygen atoms in total. The average Bonchev–Trinajstić information content (AvgIpc) is 2.80. The van der Waals surface area contributed by atoms with Crippen LogP contribution in [0.4, 0.5) is 0 Å². The lowest BCUT2D eigenvalue weighted by Gasteiger charge is -2.13. The molecule has 0 saturated carbocycles. The summed E-state index contributed by atoms with van der Waals surface area (Å²) in [5.74, 6) is 1.26. The third-order valence-corrected chi connectivity index (χ3v) is 5.18. The highest BCUT2D eigenvalue weighted by Crippen LogP contribution is 2.32. The summed E-state index contributed by atoms with van der Waals surface area (Å²) in [7, 11) is 0. The standard InChI is InChI=1S/C25H19BrO4/c26-22-14-15-24(20-11-5-4-10-19(20)22)30-25(27)21-12-6-7-13-23(21)29-17-16-28-18-8-2-1-3-9-18/h1-15H,16-17H2. The number of carbonyl (C=O) groups excluding carboxylic acids is 1. The Morgan fingerprint density at radius 1 is 0.667 bits per heavy atom. The molecule has 0 saturated heterocycles. The summed E-state index contributed by atoms with van der Waals surface area (Å²) in [5.41, 5.74) is 0.365. The van der Waals surface area contributed by atoms with E-state index in [1.54, 1.807) is 24.3 Å². The van der Waals surface area contributed by atoms with Crippen molar-refractivity contribution in [2.24, 2.45) is 0 Å². The first-order valence-corrected chi connectivity index (χ1v) is 10.3. The Kier molecular flexibility index (Phi) is 6.30. The van der Waals surface area contributed by atoms with Gasteiger partial charge in [0.25, 0.3) is 0 Å². The molecular weight excluding hydrogens is 444 g/mol. The Morgan fingerprint density at radius 2 is 1.33 bits per heavy atom. The molecule has 0 aliphatic rings. The van der Waals surface area contributed by atoms with E-state index < -0.39 is 5.97 Å². The minimum absolute atomic E-state index is 0.306. The molecule has 0 spiro atoms. The monoisotopic (exact) mass is 462 g/mol. The molecule has 4 aromatic rings. The van der Waals surface area contributed by atoms with Crippen molar-refractivity contribution < 1.29 is 19.0 Å². The molecule has 0 amide bonds. The summed E-state index contributed by atoms with van der Waals surface area (Å²) in [6, 6.07) is 28.0. The number of hydrogen-bond donors (Lipinski definition) is 0. The molecule has 0 heterocycles. The maximum Gasteiger partial charge on any atom is 0.347 e. The second-order valence-electron chi connectivity index (χ2n) is 6.49. The normalized spacial score (nSPS) is 10.6.